The molecule has 1 aliphatic rings. The highest BCUT2D eigenvalue weighted by molar-refractivity contribution is 6.04. The summed E-state index contributed by atoms with van der Waals surface area (Å²) in [6.07, 6.45) is 10.5. The summed E-state index contributed by atoms with van der Waals surface area (Å²) >= 11 is 0. The fraction of sp³-hybridized carbons (Fsp3) is 0.222. The van der Waals surface area contributed by atoms with E-state index in [1.807, 2.05) is 55.5 Å². The van der Waals surface area contributed by atoms with Crippen molar-refractivity contribution in [1.29, 1.82) is 0 Å². The minimum Gasteiger partial charge on any atom is -0.357 e. The molecule has 5 rings (SSSR count). The van der Waals surface area contributed by atoms with E-state index in [4.69, 9.17) is 0 Å². The third-order valence-electron chi connectivity index (χ3n) is 6.04. The fourth-order valence-corrected chi connectivity index (χ4v) is 4.08. The van der Waals surface area contributed by atoms with Crippen LogP contribution in [0.15, 0.2) is 73.3 Å². The van der Waals surface area contributed by atoms with E-state index in [1.165, 1.54) is 19.3 Å². The van der Waals surface area contributed by atoms with Crippen molar-refractivity contribution in [3.05, 3.63) is 84.4 Å². The summed E-state index contributed by atoms with van der Waals surface area (Å²) in [5, 5.41) is 6.23. The van der Waals surface area contributed by atoms with Crippen molar-refractivity contribution in [2.24, 2.45) is 0 Å². The molecule has 1 amide bonds. The van der Waals surface area contributed by atoms with Gasteiger partial charge in [-0.15, -0.1) is 0 Å². The van der Waals surface area contributed by atoms with Crippen molar-refractivity contribution < 1.29 is 4.79 Å². The zero-order valence-electron chi connectivity index (χ0n) is 19.6. The first-order chi connectivity index (χ1) is 17.2. The zero-order valence-corrected chi connectivity index (χ0v) is 19.6. The summed E-state index contributed by atoms with van der Waals surface area (Å²) in [6, 6.07) is 15.1. The number of aromatic nitrogens is 4. The molecule has 0 bridgehead atoms. The molecule has 35 heavy (non-hydrogen) atoms. The van der Waals surface area contributed by atoms with Crippen molar-refractivity contribution >= 4 is 29.0 Å². The van der Waals surface area contributed by atoms with Crippen LogP contribution in [0.5, 0.6) is 0 Å². The minimum absolute atomic E-state index is 0.202. The van der Waals surface area contributed by atoms with E-state index in [0.29, 0.717) is 17.2 Å². The molecule has 1 saturated heterocycles. The van der Waals surface area contributed by atoms with Gasteiger partial charge in [0.1, 0.15) is 5.82 Å². The Morgan fingerprint density at radius 2 is 1.83 bits per heavy atom. The molecule has 0 atom stereocenters. The molecule has 1 aliphatic heterocycles. The molecule has 0 unspecified atom stereocenters. The highest BCUT2D eigenvalue weighted by Crippen LogP contribution is 2.25. The molecule has 4 aromatic rings. The molecular formula is C27H27N7O. The second-order valence-corrected chi connectivity index (χ2v) is 8.57. The molecule has 0 aliphatic carbocycles. The summed E-state index contributed by atoms with van der Waals surface area (Å²) in [7, 11) is 0. The Kier molecular flexibility index (Phi) is 6.61. The molecule has 0 spiro atoms. The number of hydrogen-bond acceptors (Lipinski definition) is 7. The van der Waals surface area contributed by atoms with Crippen LogP contribution >= 0.6 is 0 Å². The molecule has 8 heteroatoms. The molecule has 8 nitrogen and oxygen atoms in total. The maximum Gasteiger partial charge on any atom is 0.257 e. The number of pyridine rings is 2. The summed E-state index contributed by atoms with van der Waals surface area (Å²) < 4.78 is 0. The molecule has 2 N–H and O–H groups in total. The molecule has 0 radical (unpaired) electrons. The first-order valence-corrected chi connectivity index (χ1v) is 11.8. The lowest BCUT2D eigenvalue weighted by Gasteiger charge is -2.27. The lowest BCUT2D eigenvalue weighted by molar-refractivity contribution is 0.102. The molecule has 1 aromatic carbocycles. The van der Waals surface area contributed by atoms with Crippen LogP contribution < -0.4 is 15.5 Å². The zero-order chi connectivity index (χ0) is 24.0. The van der Waals surface area contributed by atoms with Gasteiger partial charge in [-0.2, -0.15) is 0 Å². The van der Waals surface area contributed by atoms with Crippen LogP contribution in [0.4, 0.5) is 23.1 Å². The Hall–Kier alpha value is -4.33. The number of nitrogens with one attached hydrogen (secondary N) is 2. The Bertz CT molecular complexity index is 1300. The van der Waals surface area contributed by atoms with Crippen molar-refractivity contribution in [2.45, 2.75) is 26.2 Å². The van der Waals surface area contributed by atoms with E-state index < -0.39 is 0 Å². The van der Waals surface area contributed by atoms with Gasteiger partial charge in [-0.25, -0.2) is 15.0 Å². The van der Waals surface area contributed by atoms with E-state index >= 15 is 0 Å². The Morgan fingerprint density at radius 1 is 0.943 bits per heavy atom. The van der Waals surface area contributed by atoms with Gasteiger partial charge in [0, 0.05) is 54.8 Å². The Morgan fingerprint density at radius 3 is 2.60 bits per heavy atom. The number of amides is 1. The standard InChI is InChI=1S/C27H27N7O/c1-19-7-9-22(31-26(35)21-8-10-25(30-18-21)34-14-3-2-4-15-34)16-24(19)33-27-29-13-11-23(32-27)20-6-5-12-28-17-20/h5-13,16-18H,2-4,14-15H2,1H3,(H,31,35)(H,29,32,33). The van der Waals surface area contributed by atoms with Crippen molar-refractivity contribution in [1.82, 2.24) is 19.9 Å². The van der Waals surface area contributed by atoms with Crippen LogP contribution in [0.1, 0.15) is 35.2 Å². The van der Waals surface area contributed by atoms with Gasteiger partial charge in [0.25, 0.3) is 5.91 Å². The Balaban J connectivity index is 1.28. The van der Waals surface area contributed by atoms with Crippen LogP contribution in [0.2, 0.25) is 0 Å². The van der Waals surface area contributed by atoms with Gasteiger partial charge in [-0.05, 0) is 74.2 Å². The Labute approximate surface area is 204 Å². The molecule has 0 saturated carbocycles. The van der Waals surface area contributed by atoms with Gasteiger partial charge in [0.2, 0.25) is 5.95 Å². The summed E-state index contributed by atoms with van der Waals surface area (Å²) in [5.74, 6) is 1.19. The molecule has 4 heterocycles. The number of carbonyl (C=O) groups excluding carboxylic acids is 1. The highest BCUT2D eigenvalue weighted by Gasteiger charge is 2.14. The van der Waals surface area contributed by atoms with Crippen LogP contribution in [-0.4, -0.2) is 38.9 Å². The second kappa shape index (κ2) is 10.3. The number of rotatable bonds is 6. The van der Waals surface area contributed by atoms with Crippen molar-refractivity contribution in [3.8, 4) is 11.3 Å². The quantitative estimate of drug-likeness (QED) is 0.403. The largest absolute Gasteiger partial charge is 0.357 e. The lowest BCUT2D eigenvalue weighted by atomic mass is 10.1. The van der Waals surface area contributed by atoms with Crippen molar-refractivity contribution in [3.63, 3.8) is 0 Å². The van der Waals surface area contributed by atoms with Crippen LogP contribution in [0.25, 0.3) is 11.3 Å². The van der Waals surface area contributed by atoms with Gasteiger partial charge in [-0.1, -0.05) is 6.07 Å². The predicted octanol–water partition coefficient (Wildman–Crippen LogP) is 5.23. The average Bonchev–Trinajstić information content (AvgIpc) is 2.92. The van der Waals surface area contributed by atoms with Gasteiger partial charge in [-0.3, -0.25) is 9.78 Å². The number of hydrogen-bond donors (Lipinski definition) is 2. The topological polar surface area (TPSA) is 95.9 Å². The van der Waals surface area contributed by atoms with E-state index in [-0.39, 0.29) is 5.91 Å². The number of piperidine rings is 1. The van der Waals surface area contributed by atoms with Crippen LogP contribution in [0.3, 0.4) is 0 Å². The van der Waals surface area contributed by atoms with E-state index in [9.17, 15) is 4.79 Å². The second-order valence-electron chi connectivity index (χ2n) is 8.57. The fourth-order valence-electron chi connectivity index (χ4n) is 4.08. The normalized spacial score (nSPS) is 13.3. The smallest absolute Gasteiger partial charge is 0.257 e. The SMILES string of the molecule is Cc1ccc(NC(=O)c2ccc(N3CCCCC3)nc2)cc1Nc1nccc(-c2cccnc2)n1. The van der Waals surface area contributed by atoms with Gasteiger partial charge in [0.05, 0.1) is 11.3 Å². The molecule has 1 fully saturated rings. The molecule has 176 valence electrons. The number of carbonyl (C=O) groups is 1. The molecule has 3 aromatic heterocycles. The molecular weight excluding hydrogens is 438 g/mol. The van der Waals surface area contributed by atoms with Gasteiger partial charge in [0.15, 0.2) is 0 Å². The maximum absolute atomic E-state index is 12.8. The van der Waals surface area contributed by atoms with Crippen LogP contribution in [0, 0.1) is 6.92 Å². The van der Waals surface area contributed by atoms with E-state index in [1.54, 1.807) is 24.8 Å². The van der Waals surface area contributed by atoms with Crippen molar-refractivity contribution in [2.75, 3.05) is 28.6 Å². The van der Waals surface area contributed by atoms with Crippen LogP contribution in [-0.2, 0) is 0 Å². The van der Waals surface area contributed by atoms with Gasteiger partial charge >= 0.3 is 0 Å². The first kappa shape index (κ1) is 22.5. The highest BCUT2D eigenvalue weighted by atomic mass is 16.1. The number of anilines is 4. The number of aryl methyl sites for hydroxylation is 1. The lowest BCUT2D eigenvalue weighted by Crippen LogP contribution is -2.30. The monoisotopic (exact) mass is 465 g/mol. The summed E-state index contributed by atoms with van der Waals surface area (Å²) in [6.45, 7) is 4.03. The minimum atomic E-state index is -0.202. The maximum atomic E-state index is 12.8. The summed E-state index contributed by atoms with van der Waals surface area (Å²) in [5.41, 5.74) is 4.70. The predicted molar refractivity (Wildman–Crippen MR) is 138 cm³/mol. The number of benzene rings is 1. The van der Waals surface area contributed by atoms with Gasteiger partial charge < -0.3 is 15.5 Å². The first-order valence-electron chi connectivity index (χ1n) is 11.8. The van der Waals surface area contributed by atoms with E-state index in [2.05, 4.69) is 35.5 Å². The summed E-state index contributed by atoms with van der Waals surface area (Å²) in [4.78, 5) is 32.7. The third kappa shape index (κ3) is 5.43. The average molecular weight is 466 g/mol. The number of nitrogens with zero attached hydrogens (tertiary/aromatic N) is 5. The van der Waals surface area contributed by atoms with E-state index in [0.717, 1.165) is 41.4 Å². The third-order valence-corrected chi connectivity index (χ3v) is 6.04.